The molecule has 0 radical (unpaired) electrons. The van der Waals surface area contributed by atoms with Crippen LogP contribution in [0.25, 0.3) is 0 Å². The molecule has 1 N–H and O–H groups in total. The van der Waals surface area contributed by atoms with Gasteiger partial charge in [0.15, 0.2) is 11.6 Å². The van der Waals surface area contributed by atoms with E-state index in [1.165, 1.54) is 17.0 Å². The van der Waals surface area contributed by atoms with Crippen LogP contribution >= 0.6 is 11.8 Å². The summed E-state index contributed by atoms with van der Waals surface area (Å²) in [4.78, 5) is 15.2. The molecule has 0 aromatic heterocycles. The molecule has 1 atom stereocenters. The second-order valence-corrected chi connectivity index (χ2v) is 8.45. The van der Waals surface area contributed by atoms with Crippen molar-refractivity contribution in [3.63, 3.8) is 0 Å². The van der Waals surface area contributed by atoms with Crippen LogP contribution in [0.1, 0.15) is 0 Å². The normalized spacial score (nSPS) is 25.8. The number of rotatable bonds is 4. The zero-order valence-corrected chi connectivity index (χ0v) is 15.3. The molecule has 0 bridgehead atoms. The maximum Gasteiger partial charge on any atom is 0.414 e. The topological polar surface area (TPSA) is 60.4 Å². The maximum atomic E-state index is 14.7. The van der Waals surface area contributed by atoms with E-state index in [-0.39, 0.29) is 23.3 Å². The Kier molecular flexibility index (Phi) is 3.94. The minimum absolute atomic E-state index is 0.000920. The summed E-state index contributed by atoms with van der Waals surface area (Å²) in [5, 5.41) is 5.67. The summed E-state index contributed by atoms with van der Waals surface area (Å²) in [6.07, 6.45) is 0.668. The monoisotopic (exact) mass is 395 g/mol. The fourth-order valence-corrected chi connectivity index (χ4v) is 5.11. The Morgan fingerprint density at radius 3 is 2.63 bits per heavy atom. The standard InChI is InChI=1S/C17H19F2N5O2S/c18-13-3-11(4-14(19)15(13)22-7-17(8-22)9-27-10-17)23-5-12(26-16(23)25)6-24-20-1-2-21-24/h1,3-4,12,21H,2,5-10H2/t12-/m1/s1. The summed E-state index contributed by atoms with van der Waals surface area (Å²) in [6, 6.07) is 2.43. The number of thioether (sulfide) groups is 1. The molecule has 27 heavy (non-hydrogen) atoms. The van der Waals surface area contributed by atoms with E-state index in [2.05, 4.69) is 10.5 Å². The molecule has 4 heterocycles. The molecular formula is C17H19F2N5O2S. The van der Waals surface area contributed by atoms with E-state index < -0.39 is 23.8 Å². The van der Waals surface area contributed by atoms with Gasteiger partial charge in [-0.3, -0.25) is 4.90 Å². The first kappa shape index (κ1) is 17.1. The fourth-order valence-electron chi connectivity index (χ4n) is 3.96. The number of anilines is 2. The van der Waals surface area contributed by atoms with Crippen LogP contribution in [0.5, 0.6) is 0 Å². The van der Waals surface area contributed by atoms with Gasteiger partial charge >= 0.3 is 6.09 Å². The van der Waals surface area contributed by atoms with Gasteiger partial charge in [-0.1, -0.05) is 0 Å². The largest absolute Gasteiger partial charge is 0.442 e. The molecule has 5 rings (SSSR count). The number of hydrogen-bond donors (Lipinski definition) is 1. The van der Waals surface area contributed by atoms with Crippen LogP contribution in [0.2, 0.25) is 0 Å². The van der Waals surface area contributed by atoms with Crippen LogP contribution in [-0.4, -0.2) is 67.8 Å². The van der Waals surface area contributed by atoms with Gasteiger partial charge in [0, 0.05) is 48.4 Å². The average Bonchev–Trinajstić information content (AvgIpc) is 3.16. The number of hydrazine groups is 1. The first-order valence-electron chi connectivity index (χ1n) is 8.86. The van der Waals surface area contributed by atoms with Crippen molar-refractivity contribution in [3.8, 4) is 0 Å². The predicted octanol–water partition coefficient (Wildman–Crippen LogP) is 1.65. The van der Waals surface area contributed by atoms with E-state index >= 15 is 0 Å². The lowest BCUT2D eigenvalue weighted by atomic mass is 9.82. The van der Waals surface area contributed by atoms with E-state index in [0.717, 1.165) is 11.5 Å². The van der Waals surface area contributed by atoms with Gasteiger partial charge in [-0.25, -0.2) is 24.1 Å². The molecule has 1 aromatic carbocycles. The van der Waals surface area contributed by atoms with Gasteiger partial charge in [-0.15, -0.1) is 0 Å². The van der Waals surface area contributed by atoms with Crippen LogP contribution in [-0.2, 0) is 4.74 Å². The fraction of sp³-hybridized carbons (Fsp3) is 0.529. The Morgan fingerprint density at radius 1 is 1.30 bits per heavy atom. The van der Waals surface area contributed by atoms with Crippen molar-refractivity contribution >= 4 is 35.4 Å². The lowest BCUT2D eigenvalue weighted by Gasteiger charge is -2.56. The van der Waals surface area contributed by atoms with Crippen molar-refractivity contribution in [2.24, 2.45) is 10.5 Å². The smallest absolute Gasteiger partial charge is 0.414 e. The van der Waals surface area contributed by atoms with Crippen LogP contribution in [0, 0.1) is 17.0 Å². The van der Waals surface area contributed by atoms with Gasteiger partial charge in [0.2, 0.25) is 0 Å². The average molecular weight is 395 g/mol. The summed E-state index contributed by atoms with van der Waals surface area (Å²) in [5.74, 6) is 0.825. The molecule has 7 nitrogen and oxygen atoms in total. The Labute approximate surface area is 159 Å². The molecule has 144 valence electrons. The van der Waals surface area contributed by atoms with Gasteiger partial charge in [0.1, 0.15) is 11.8 Å². The van der Waals surface area contributed by atoms with Crippen molar-refractivity contribution in [1.82, 2.24) is 10.5 Å². The highest BCUT2D eigenvalue weighted by Gasteiger charge is 2.49. The number of hydrazone groups is 1. The summed E-state index contributed by atoms with van der Waals surface area (Å²) in [5.41, 5.74) is 3.41. The van der Waals surface area contributed by atoms with E-state index in [4.69, 9.17) is 4.74 Å². The Balaban J connectivity index is 1.30. The van der Waals surface area contributed by atoms with Crippen molar-refractivity contribution in [3.05, 3.63) is 23.8 Å². The van der Waals surface area contributed by atoms with E-state index in [0.29, 0.717) is 26.2 Å². The highest BCUT2D eigenvalue weighted by atomic mass is 32.2. The minimum Gasteiger partial charge on any atom is -0.442 e. The zero-order chi connectivity index (χ0) is 18.6. The van der Waals surface area contributed by atoms with Gasteiger partial charge in [-0.05, 0) is 0 Å². The Morgan fingerprint density at radius 2 is 2.04 bits per heavy atom. The van der Waals surface area contributed by atoms with Crippen LogP contribution in [0.15, 0.2) is 17.2 Å². The third-order valence-corrected chi connectivity index (χ3v) is 6.97. The number of carbonyl (C=O) groups excluding carboxylic acids is 1. The van der Waals surface area contributed by atoms with E-state index in [1.54, 1.807) is 16.2 Å². The lowest BCUT2D eigenvalue weighted by Crippen LogP contribution is -2.63. The molecule has 4 aliphatic heterocycles. The van der Waals surface area contributed by atoms with Crippen LogP contribution < -0.4 is 15.2 Å². The van der Waals surface area contributed by atoms with Gasteiger partial charge in [0.25, 0.3) is 0 Å². The number of carbonyl (C=O) groups is 1. The number of nitrogens with zero attached hydrogens (tertiary/aromatic N) is 4. The van der Waals surface area contributed by atoms with Gasteiger partial charge < -0.3 is 9.64 Å². The Bertz CT molecular complexity index is 788. The lowest BCUT2D eigenvalue weighted by molar-refractivity contribution is 0.0964. The molecule has 10 heteroatoms. The van der Waals surface area contributed by atoms with Gasteiger partial charge in [-0.2, -0.15) is 16.9 Å². The van der Waals surface area contributed by atoms with Crippen molar-refractivity contribution in [2.75, 3.05) is 54.0 Å². The molecule has 1 aromatic rings. The summed E-state index contributed by atoms with van der Waals surface area (Å²) < 4.78 is 34.6. The second kappa shape index (κ2) is 6.23. The molecule has 0 unspecified atom stereocenters. The zero-order valence-electron chi connectivity index (χ0n) is 14.5. The molecule has 0 saturated carbocycles. The van der Waals surface area contributed by atoms with Crippen molar-refractivity contribution in [2.45, 2.75) is 6.10 Å². The number of benzene rings is 1. The van der Waals surface area contributed by atoms with Crippen molar-refractivity contribution < 1.29 is 18.3 Å². The number of ether oxygens (including phenoxy) is 1. The van der Waals surface area contributed by atoms with Crippen LogP contribution in [0.4, 0.5) is 25.0 Å². The number of halogens is 2. The summed E-state index contributed by atoms with van der Waals surface area (Å²) >= 11 is 1.87. The third kappa shape index (κ3) is 2.91. The molecule has 3 fully saturated rings. The molecule has 4 aliphatic rings. The molecule has 3 saturated heterocycles. The highest BCUT2D eigenvalue weighted by molar-refractivity contribution is 8.00. The maximum absolute atomic E-state index is 14.7. The van der Waals surface area contributed by atoms with E-state index in [9.17, 15) is 13.6 Å². The number of cyclic esters (lactones) is 1. The second-order valence-electron chi connectivity index (χ2n) is 7.47. The molecule has 1 spiro atoms. The van der Waals surface area contributed by atoms with Crippen LogP contribution in [0.3, 0.4) is 0 Å². The predicted molar refractivity (Wildman–Crippen MR) is 99.1 cm³/mol. The third-order valence-electron chi connectivity index (χ3n) is 5.34. The number of nitrogens with one attached hydrogen (secondary N) is 1. The van der Waals surface area contributed by atoms with Crippen molar-refractivity contribution in [1.29, 1.82) is 0 Å². The van der Waals surface area contributed by atoms with E-state index in [1.807, 2.05) is 11.8 Å². The molecule has 1 amide bonds. The number of amides is 1. The summed E-state index contributed by atoms with van der Waals surface area (Å²) in [7, 11) is 0. The first-order chi connectivity index (χ1) is 13.0. The first-order valence-corrected chi connectivity index (χ1v) is 10.0. The Hall–Kier alpha value is -2.07. The van der Waals surface area contributed by atoms with Gasteiger partial charge in [0.05, 0.1) is 25.3 Å². The molecular weight excluding hydrogens is 376 g/mol. The number of hydrogen-bond acceptors (Lipinski definition) is 7. The SMILES string of the molecule is O=C1O[C@@H](CN2N=CCN2)CN1c1cc(F)c(N2CC3(CSC3)C2)c(F)c1. The molecule has 0 aliphatic carbocycles. The highest BCUT2D eigenvalue weighted by Crippen LogP contribution is 2.48. The quantitative estimate of drug-likeness (QED) is 0.837. The summed E-state index contributed by atoms with van der Waals surface area (Å²) in [6.45, 7) is 2.58. The minimum atomic E-state index is -0.645.